The third-order valence-electron chi connectivity index (χ3n) is 3.83. The molecule has 4 heteroatoms. The van der Waals surface area contributed by atoms with Crippen LogP contribution in [0.25, 0.3) is 0 Å². The van der Waals surface area contributed by atoms with Crippen molar-refractivity contribution in [2.75, 3.05) is 6.54 Å². The van der Waals surface area contributed by atoms with Gasteiger partial charge in [-0.2, -0.15) is 0 Å². The molecule has 1 aliphatic heterocycles. The molecule has 0 aromatic heterocycles. The molecular weight excluding hydrogens is 228 g/mol. The highest BCUT2D eigenvalue weighted by atomic mass is 16.2. The summed E-state index contributed by atoms with van der Waals surface area (Å²) in [6.07, 6.45) is 6.96. The first-order valence-electron chi connectivity index (χ1n) is 6.44. The van der Waals surface area contributed by atoms with Crippen LogP contribution in [0.15, 0.2) is 0 Å². The highest BCUT2D eigenvalue weighted by Gasteiger charge is 2.45. The molecule has 0 radical (unpaired) electrons. The van der Waals surface area contributed by atoms with Crippen LogP contribution in [-0.4, -0.2) is 34.3 Å². The molecule has 18 heavy (non-hydrogen) atoms. The lowest BCUT2D eigenvalue weighted by Crippen LogP contribution is -2.60. The Bertz CT molecular complexity index is 389. The quantitative estimate of drug-likeness (QED) is 0.768. The average Bonchev–Trinajstić information content (AvgIpc) is 2.47. The number of terminal acetylenes is 1. The molecule has 0 spiro atoms. The second-order valence-electron chi connectivity index (χ2n) is 5.25. The van der Waals surface area contributed by atoms with Gasteiger partial charge in [0, 0.05) is 13.0 Å². The van der Waals surface area contributed by atoms with Crippen LogP contribution in [0.1, 0.15) is 47.0 Å². The summed E-state index contributed by atoms with van der Waals surface area (Å²) in [7, 11) is 0. The number of carbonyl (C=O) groups excluding carboxylic acids is 2. The first-order chi connectivity index (χ1) is 8.33. The molecule has 0 bridgehead atoms. The molecule has 0 aromatic rings. The highest BCUT2D eigenvalue weighted by molar-refractivity contribution is 5.94. The van der Waals surface area contributed by atoms with E-state index in [9.17, 15) is 9.59 Å². The van der Waals surface area contributed by atoms with Crippen LogP contribution in [0, 0.1) is 12.3 Å². The Kier molecular flexibility index (Phi) is 4.05. The van der Waals surface area contributed by atoms with Crippen LogP contribution in [0.3, 0.4) is 0 Å². The van der Waals surface area contributed by atoms with Gasteiger partial charge in [0.2, 0.25) is 11.8 Å². The predicted molar refractivity (Wildman–Crippen MR) is 70.7 cm³/mol. The monoisotopic (exact) mass is 250 g/mol. The molecule has 4 nitrogen and oxygen atoms in total. The SMILES string of the molecule is C#CC(C)(C)N1CCC(=O)NC(CC)(CC)C1=O. The van der Waals surface area contributed by atoms with Gasteiger partial charge in [0.1, 0.15) is 5.54 Å². The van der Waals surface area contributed by atoms with Crippen LogP contribution in [0.4, 0.5) is 0 Å². The van der Waals surface area contributed by atoms with Gasteiger partial charge in [-0.05, 0) is 26.7 Å². The van der Waals surface area contributed by atoms with Crippen molar-refractivity contribution in [3.8, 4) is 12.3 Å². The summed E-state index contributed by atoms with van der Waals surface area (Å²) < 4.78 is 0. The number of amides is 2. The number of carbonyl (C=O) groups is 2. The van der Waals surface area contributed by atoms with E-state index in [0.29, 0.717) is 25.8 Å². The molecule has 1 aliphatic rings. The maximum Gasteiger partial charge on any atom is 0.249 e. The molecule has 1 saturated heterocycles. The van der Waals surface area contributed by atoms with Gasteiger partial charge in [-0.15, -0.1) is 6.42 Å². The van der Waals surface area contributed by atoms with E-state index in [0.717, 1.165) is 0 Å². The van der Waals surface area contributed by atoms with Crippen LogP contribution >= 0.6 is 0 Å². The normalized spacial score (nSPS) is 20.1. The van der Waals surface area contributed by atoms with E-state index in [1.54, 1.807) is 4.90 Å². The van der Waals surface area contributed by atoms with Gasteiger partial charge in [0.25, 0.3) is 0 Å². The van der Waals surface area contributed by atoms with Crippen molar-refractivity contribution in [3.63, 3.8) is 0 Å². The zero-order chi connectivity index (χ0) is 14.0. The maximum absolute atomic E-state index is 12.7. The molecule has 0 saturated carbocycles. The molecule has 1 rings (SSSR count). The fraction of sp³-hybridized carbons (Fsp3) is 0.714. The van der Waals surface area contributed by atoms with E-state index in [4.69, 9.17) is 6.42 Å². The molecule has 2 amide bonds. The minimum Gasteiger partial charge on any atom is -0.342 e. The summed E-state index contributed by atoms with van der Waals surface area (Å²) in [6, 6.07) is 0. The fourth-order valence-electron chi connectivity index (χ4n) is 2.30. The summed E-state index contributed by atoms with van der Waals surface area (Å²) in [5.74, 6) is 2.49. The van der Waals surface area contributed by atoms with E-state index < -0.39 is 11.1 Å². The van der Waals surface area contributed by atoms with E-state index in [1.807, 2.05) is 27.7 Å². The van der Waals surface area contributed by atoms with Crippen LogP contribution in [0.2, 0.25) is 0 Å². The van der Waals surface area contributed by atoms with Gasteiger partial charge in [-0.1, -0.05) is 19.8 Å². The number of nitrogens with one attached hydrogen (secondary N) is 1. The topological polar surface area (TPSA) is 49.4 Å². The molecule has 0 unspecified atom stereocenters. The predicted octanol–water partition coefficient (Wildman–Crippen LogP) is 1.31. The third kappa shape index (κ3) is 2.35. The van der Waals surface area contributed by atoms with E-state index >= 15 is 0 Å². The Balaban J connectivity index is 3.20. The van der Waals surface area contributed by atoms with Crippen molar-refractivity contribution in [1.82, 2.24) is 10.2 Å². The zero-order valence-corrected chi connectivity index (χ0v) is 11.7. The molecule has 0 aromatic carbocycles. The van der Waals surface area contributed by atoms with Crippen molar-refractivity contribution < 1.29 is 9.59 Å². The summed E-state index contributed by atoms with van der Waals surface area (Å²) in [5, 5.41) is 2.87. The van der Waals surface area contributed by atoms with E-state index in [-0.39, 0.29) is 11.8 Å². The Morgan fingerprint density at radius 1 is 1.39 bits per heavy atom. The Hall–Kier alpha value is -1.50. The van der Waals surface area contributed by atoms with Gasteiger partial charge >= 0.3 is 0 Å². The zero-order valence-electron chi connectivity index (χ0n) is 11.7. The first-order valence-corrected chi connectivity index (χ1v) is 6.44. The molecule has 1 N–H and O–H groups in total. The van der Waals surface area contributed by atoms with Gasteiger partial charge < -0.3 is 10.2 Å². The molecule has 1 heterocycles. The van der Waals surface area contributed by atoms with E-state index in [2.05, 4.69) is 11.2 Å². The molecule has 0 aliphatic carbocycles. The summed E-state index contributed by atoms with van der Waals surface area (Å²) in [4.78, 5) is 26.1. The summed E-state index contributed by atoms with van der Waals surface area (Å²) in [6.45, 7) is 7.86. The fourth-order valence-corrected chi connectivity index (χ4v) is 2.30. The molecule has 1 fully saturated rings. The van der Waals surface area contributed by atoms with E-state index in [1.165, 1.54) is 0 Å². The Labute approximate surface area is 109 Å². The Morgan fingerprint density at radius 3 is 2.39 bits per heavy atom. The number of hydrogen-bond acceptors (Lipinski definition) is 2. The minimum absolute atomic E-state index is 0.0682. The largest absolute Gasteiger partial charge is 0.342 e. The smallest absolute Gasteiger partial charge is 0.249 e. The summed E-state index contributed by atoms with van der Waals surface area (Å²) >= 11 is 0. The van der Waals surface area contributed by atoms with Crippen molar-refractivity contribution in [2.24, 2.45) is 0 Å². The van der Waals surface area contributed by atoms with Crippen molar-refractivity contribution >= 4 is 11.8 Å². The maximum atomic E-state index is 12.7. The number of nitrogens with zero attached hydrogens (tertiary/aromatic N) is 1. The van der Waals surface area contributed by atoms with Crippen LogP contribution in [-0.2, 0) is 9.59 Å². The average molecular weight is 250 g/mol. The van der Waals surface area contributed by atoms with Gasteiger partial charge in [0.15, 0.2) is 0 Å². The van der Waals surface area contributed by atoms with Crippen molar-refractivity contribution in [1.29, 1.82) is 0 Å². The lowest BCUT2D eigenvalue weighted by molar-refractivity contribution is -0.142. The minimum atomic E-state index is -0.804. The molecule has 100 valence electrons. The standard InChI is InChI=1S/C14H22N2O2/c1-6-13(4,5)16-10-9-11(17)15-14(7-2,8-3)12(16)18/h1H,7-10H2,2-5H3,(H,15,17). The first kappa shape index (κ1) is 14.6. The number of hydrogen-bond donors (Lipinski definition) is 1. The second kappa shape index (κ2) is 5.01. The number of rotatable bonds is 3. The van der Waals surface area contributed by atoms with Gasteiger partial charge in [-0.25, -0.2) is 0 Å². The summed E-state index contributed by atoms with van der Waals surface area (Å²) in [5.41, 5.74) is -1.47. The molecule has 0 atom stereocenters. The van der Waals surface area contributed by atoms with Gasteiger partial charge in [-0.3, -0.25) is 9.59 Å². The van der Waals surface area contributed by atoms with Gasteiger partial charge in [0.05, 0.1) is 5.54 Å². The van der Waals surface area contributed by atoms with Crippen LogP contribution in [0.5, 0.6) is 0 Å². The lowest BCUT2D eigenvalue weighted by atomic mass is 9.89. The Morgan fingerprint density at radius 2 is 1.94 bits per heavy atom. The van der Waals surface area contributed by atoms with Crippen molar-refractivity contribution in [3.05, 3.63) is 0 Å². The molecular formula is C14H22N2O2. The van der Waals surface area contributed by atoms with Crippen molar-refractivity contribution in [2.45, 2.75) is 58.0 Å². The third-order valence-corrected chi connectivity index (χ3v) is 3.83. The highest BCUT2D eigenvalue weighted by Crippen LogP contribution is 2.26. The second-order valence-corrected chi connectivity index (χ2v) is 5.25. The lowest BCUT2D eigenvalue weighted by Gasteiger charge is -2.39. The van der Waals surface area contributed by atoms with Crippen LogP contribution < -0.4 is 5.32 Å².